The Morgan fingerprint density at radius 3 is 2.44 bits per heavy atom. The number of piperidine rings is 1. The van der Waals surface area contributed by atoms with E-state index in [1.54, 1.807) is 6.08 Å². The van der Waals surface area contributed by atoms with Crippen molar-refractivity contribution in [1.29, 1.82) is 0 Å². The van der Waals surface area contributed by atoms with Gasteiger partial charge in [-0.3, -0.25) is 0 Å². The molecule has 4 heteroatoms. The Balaban J connectivity index is 1.47. The van der Waals surface area contributed by atoms with E-state index in [2.05, 4.69) is 17.4 Å². The molecule has 0 spiro atoms. The lowest BCUT2D eigenvalue weighted by atomic mass is 9.95. The van der Waals surface area contributed by atoms with E-state index in [1.165, 1.54) is 25.8 Å². The molecule has 1 atom stereocenters. The molecule has 142 valence electrons. The predicted octanol–water partition coefficient (Wildman–Crippen LogP) is 4.61. The van der Waals surface area contributed by atoms with Gasteiger partial charge in [0.15, 0.2) is 0 Å². The van der Waals surface area contributed by atoms with Crippen LogP contribution in [-0.2, 0) is 4.79 Å². The van der Waals surface area contributed by atoms with E-state index in [0.29, 0.717) is 0 Å². The van der Waals surface area contributed by atoms with Crippen molar-refractivity contribution in [2.24, 2.45) is 5.92 Å². The molecule has 0 radical (unpaired) electrons. The fourth-order valence-electron chi connectivity index (χ4n) is 3.43. The summed E-state index contributed by atoms with van der Waals surface area (Å²) in [5.74, 6) is 0.768. The lowest BCUT2D eigenvalue weighted by Crippen LogP contribution is -2.29. The van der Waals surface area contributed by atoms with Crippen LogP contribution in [0, 0.1) is 5.92 Å². The van der Waals surface area contributed by atoms with Gasteiger partial charge in [0.1, 0.15) is 5.75 Å². The number of nitrogens with one attached hydrogen (secondary N) is 1. The molecule has 1 unspecified atom stereocenters. The highest BCUT2D eigenvalue weighted by Crippen LogP contribution is 2.23. The van der Waals surface area contributed by atoms with Crippen LogP contribution in [0.2, 0.25) is 0 Å². The third-order valence-electron chi connectivity index (χ3n) is 4.94. The zero-order valence-corrected chi connectivity index (χ0v) is 15.6. The average Bonchev–Trinajstić information content (AvgIpc) is 2.71. The second-order valence-electron chi connectivity index (χ2n) is 7.02. The minimum atomic E-state index is -0.940. The number of hydrogen-bond donors (Lipinski definition) is 2. The van der Waals surface area contributed by atoms with Crippen LogP contribution in [0.5, 0.6) is 5.75 Å². The van der Waals surface area contributed by atoms with Crippen molar-refractivity contribution in [3.05, 3.63) is 60.2 Å². The largest absolute Gasteiger partial charge is 0.494 e. The second-order valence-corrected chi connectivity index (χ2v) is 7.02. The summed E-state index contributed by atoms with van der Waals surface area (Å²) in [5, 5.41) is 12.1. The SMILES string of the molecule is O=C(O)C=Cc1ccc(-c2ccc(OCCCC3CCCNC3)cc2)cc1. The third-order valence-corrected chi connectivity index (χ3v) is 4.94. The number of carboxylic acid groups (broad SMARTS) is 1. The van der Waals surface area contributed by atoms with E-state index in [0.717, 1.165) is 54.0 Å². The molecule has 3 rings (SSSR count). The third kappa shape index (κ3) is 6.26. The number of hydrogen-bond acceptors (Lipinski definition) is 3. The summed E-state index contributed by atoms with van der Waals surface area (Å²) in [5.41, 5.74) is 3.08. The number of carbonyl (C=O) groups is 1. The second kappa shape index (κ2) is 9.93. The standard InChI is InChI=1S/C23H27NO3/c25-23(26)14-7-18-5-8-20(9-6-18)21-10-12-22(13-11-21)27-16-2-4-19-3-1-15-24-17-19/h5-14,19,24H,1-4,15-17H2,(H,25,26). The maximum absolute atomic E-state index is 10.6. The van der Waals surface area contributed by atoms with Gasteiger partial charge in [-0.05, 0) is 79.6 Å². The molecule has 1 saturated heterocycles. The van der Waals surface area contributed by atoms with Gasteiger partial charge in [-0.15, -0.1) is 0 Å². The van der Waals surface area contributed by atoms with Crippen LogP contribution >= 0.6 is 0 Å². The van der Waals surface area contributed by atoms with Crippen LogP contribution in [0.15, 0.2) is 54.6 Å². The quantitative estimate of drug-likeness (QED) is 0.530. The molecule has 0 saturated carbocycles. The summed E-state index contributed by atoms with van der Waals surface area (Å²) in [6.45, 7) is 3.08. The van der Waals surface area contributed by atoms with Gasteiger partial charge in [0.2, 0.25) is 0 Å². The molecule has 2 N–H and O–H groups in total. The molecule has 0 aromatic heterocycles. The molecule has 2 aromatic carbocycles. The van der Waals surface area contributed by atoms with Crippen molar-refractivity contribution in [2.75, 3.05) is 19.7 Å². The fraction of sp³-hybridized carbons (Fsp3) is 0.348. The summed E-state index contributed by atoms with van der Waals surface area (Å²) in [4.78, 5) is 10.6. The topological polar surface area (TPSA) is 58.6 Å². The number of ether oxygens (including phenoxy) is 1. The first-order valence-electron chi connectivity index (χ1n) is 9.66. The van der Waals surface area contributed by atoms with E-state index < -0.39 is 5.97 Å². The summed E-state index contributed by atoms with van der Waals surface area (Å²) in [7, 11) is 0. The molecule has 1 aliphatic heterocycles. The Kier molecular flexibility index (Phi) is 7.05. The Hall–Kier alpha value is -2.59. The minimum absolute atomic E-state index is 0.764. The first-order chi connectivity index (χ1) is 13.2. The maximum Gasteiger partial charge on any atom is 0.328 e. The molecule has 27 heavy (non-hydrogen) atoms. The molecule has 1 fully saturated rings. The van der Waals surface area contributed by atoms with Crippen LogP contribution in [0.3, 0.4) is 0 Å². The molecule has 0 aliphatic carbocycles. The minimum Gasteiger partial charge on any atom is -0.494 e. The smallest absolute Gasteiger partial charge is 0.328 e. The lowest BCUT2D eigenvalue weighted by Gasteiger charge is -2.22. The number of aliphatic carboxylic acids is 1. The Bertz CT molecular complexity index is 744. The van der Waals surface area contributed by atoms with Gasteiger partial charge >= 0.3 is 5.97 Å². The Morgan fingerprint density at radius 1 is 1.11 bits per heavy atom. The van der Waals surface area contributed by atoms with E-state index in [9.17, 15) is 4.79 Å². The molecule has 2 aromatic rings. The first kappa shape index (κ1) is 19.2. The average molecular weight is 365 g/mol. The van der Waals surface area contributed by atoms with Gasteiger partial charge in [-0.1, -0.05) is 36.4 Å². The number of carboxylic acids is 1. The highest BCUT2D eigenvalue weighted by Gasteiger charge is 2.12. The highest BCUT2D eigenvalue weighted by atomic mass is 16.5. The van der Waals surface area contributed by atoms with Gasteiger partial charge < -0.3 is 15.2 Å². The van der Waals surface area contributed by atoms with Crippen molar-refractivity contribution in [1.82, 2.24) is 5.32 Å². The van der Waals surface area contributed by atoms with Crippen molar-refractivity contribution in [2.45, 2.75) is 25.7 Å². The normalized spacial score (nSPS) is 17.1. The predicted molar refractivity (Wildman–Crippen MR) is 109 cm³/mol. The van der Waals surface area contributed by atoms with E-state index in [-0.39, 0.29) is 0 Å². The van der Waals surface area contributed by atoms with Crippen LogP contribution in [0.1, 0.15) is 31.2 Å². The summed E-state index contributed by atoms with van der Waals surface area (Å²) >= 11 is 0. The van der Waals surface area contributed by atoms with Gasteiger partial charge in [-0.2, -0.15) is 0 Å². The van der Waals surface area contributed by atoms with Gasteiger partial charge in [-0.25, -0.2) is 4.79 Å². The van der Waals surface area contributed by atoms with Gasteiger partial charge in [0, 0.05) is 6.08 Å². The molecule has 0 amide bonds. The zero-order chi connectivity index (χ0) is 18.9. The van der Waals surface area contributed by atoms with Crippen molar-refractivity contribution in [3.63, 3.8) is 0 Å². The number of rotatable bonds is 8. The van der Waals surface area contributed by atoms with Crippen LogP contribution < -0.4 is 10.1 Å². The van der Waals surface area contributed by atoms with E-state index >= 15 is 0 Å². The molecular formula is C23H27NO3. The van der Waals surface area contributed by atoms with E-state index in [1.807, 2.05) is 36.4 Å². The van der Waals surface area contributed by atoms with Crippen LogP contribution in [0.25, 0.3) is 17.2 Å². The van der Waals surface area contributed by atoms with Crippen LogP contribution in [-0.4, -0.2) is 30.8 Å². The first-order valence-corrected chi connectivity index (χ1v) is 9.66. The molecule has 1 heterocycles. The van der Waals surface area contributed by atoms with E-state index in [4.69, 9.17) is 9.84 Å². The molecule has 4 nitrogen and oxygen atoms in total. The monoisotopic (exact) mass is 365 g/mol. The molecule has 0 bridgehead atoms. The summed E-state index contributed by atoms with van der Waals surface area (Å²) < 4.78 is 5.88. The molecule has 1 aliphatic rings. The molecular weight excluding hydrogens is 338 g/mol. The van der Waals surface area contributed by atoms with Gasteiger partial charge in [0.25, 0.3) is 0 Å². The maximum atomic E-state index is 10.6. The van der Waals surface area contributed by atoms with Gasteiger partial charge in [0.05, 0.1) is 6.61 Å². The van der Waals surface area contributed by atoms with Crippen molar-refractivity contribution >= 4 is 12.0 Å². The summed E-state index contributed by atoms with van der Waals surface area (Å²) in [6.07, 6.45) is 7.70. The fourth-order valence-corrected chi connectivity index (χ4v) is 3.43. The Labute approximate surface area is 160 Å². The summed E-state index contributed by atoms with van der Waals surface area (Å²) in [6, 6.07) is 16.0. The zero-order valence-electron chi connectivity index (χ0n) is 15.6. The Morgan fingerprint density at radius 2 is 1.81 bits per heavy atom. The van der Waals surface area contributed by atoms with Crippen molar-refractivity contribution < 1.29 is 14.6 Å². The van der Waals surface area contributed by atoms with Crippen LogP contribution in [0.4, 0.5) is 0 Å². The highest BCUT2D eigenvalue weighted by molar-refractivity contribution is 5.85. The number of benzene rings is 2. The lowest BCUT2D eigenvalue weighted by molar-refractivity contribution is -0.131. The van der Waals surface area contributed by atoms with Crippen molar-refractivity contribution in [3.8, 4) is 16.9 Å².